The SMILES string of the molecule is Cc1ccc(-n2cccc2[C@@H]2[C@H](c3ccccn3)NC(=S)N2c2ccc(Sc3ccc([N+](=O)[O-])cc3)cc2)cc1. The summed E-state index contributed by atoms with van der Waals surface area (Å²) in [6.07, 6.45) is 3.89. The van der Waals surface area contributed by atoms with Crippen molar-refractivity contribution in [1.29, 1.82) is 0 Å². The Balaban J connectivity index is 1.35. The lowest BCUT2D eigenvalue weighted by Crippen LogP contribution is -2.30. The van der Waals surface area contributed by atoms with Crippen LogP contribution in [0, 0.1) is 17.0 Å². The molecule has 3 heterocycles. The van der Waals surface area contributed by atoms with E-state index in [1.165, 1.54) is 17.7 Å². The molecule has 0 aliphatic carbocycles. The van der Waals surface area contributed by atoms with Crippen LogP contribution in [0.4, 0.5) is 11.4 Å². The zero-order valence-electron chi connectivity index (χ0n) is 21.5. The van der Waals surface area contributed by atoms with Gasteiger partial charge in [-0.25, -0.2) is 0 Å². The fourth-order valence-electron chi connectivity index (χ4n) is 4.96. The fourth-order valence-corrected chi connectivity index (χ4v) is 6.12. The molecule has 2 atom stereocenters. The van der Waals surface area contributed by atoms with Crippen molar-refractivity contribution in [2.24, 2.45) is 0 Å². The molecule has 2 aromatic heterocycles. The number of anilines is 1. The van der Waals surface area contributed by atoms with Crippen molar-refractivity contribution in [3.8, 4) is 5.69 Å². The first-order chi connectivity index (χ1) is 19.5. The second-order valence-electron chi connectivity index (χ2n) is 9.48. The number of hydrogen-bond donors (Lipinski definition) is 1. The van der Waals surface area contributed by atoms with Gasteiger partial charge in [0.2, 0.25) is 0 Å². The van der Waals surface area contributed by atoms with Crippen LogP contribution in [-0.2, 0) is 0 Å². The minimum Gasteiger partial charge on any atom is -0.351 e. The third-order valence-electron chi connectivity index (χ3n) is 6.89. The first-order valence-corrected chi connectivity index (χ1v) is 14.0. The van der Waals surface area contributed by atoms with Crippen LogP contribution in [0.3, 0.4) is 0 Å². The van der Waals surface area contributed by atoms with Gasteiger partial charge in [-0.2, -0.15) is 0 Å². The summed E-state index contributed by atoms with van der Waals surface area (Å²) in [7, 11) is 0. The highest BCUT2D eigenvalue weighted by Crippen LogP contribution is 2.43. The van der Waals surface area contributed by atoms with E-state index in [1.54, 1.807) is 23.9 Å². The van der Waals surface area contributed by atoms with Crippen molar-refractivity contribution in [2.75, 3.05) is 4.90 Å². The Bertz CT molecular complexity index is 1650. The van der Waals surface area contributed by atoms with Gasteiger partial charge in [0, 0.05) is 51.4 Å². The molecule has 3 aromatic carbocycles. The highest BCUT2D eigenvalue weighted by Gasteiger charge is 2.42. The summed E-state index contributed by atoms with van der Waals surface area (Å²) in [5.41, 5.74) is 5.35. The number of non-ortho nitro benzene ring substituents is 1. The summed E-state index contributed by atoms with van der Waals surface area (Å²) in [4.78, 5) is 19.4. The van der Waals surface area contributed by atoms with Crippen LogP contribution in [0.5, 0.6) is 0 Å². The van der Waals surface area contributed by atoms with E-state index < -0.39 is 0 Å². The Morgan fingerprint density at radius 2 is 1.55 bits per heavy atom. The minimum atomic E-state index is -0.389. The summed E-state index contributed by atoms with van der Waals surface area (Å²) in [6.45, 7) is 2.09. The maximum atomic E-state index is 11.0. The van der Waals surface area contributed by atoms with Crippen molar-refractivity contribution in [3.05, 3.63) is 143 Å². The van der Waals surface area contributed by atoms with Crippen LogP contribution in [0.1, 0.15) is 29.0 Å². The molecule has 1 aliphatic heterocycles. The molecule has 6 rings (SSSR count). The molecule has 0 amide bonds. The summed E-state index contributed by atoms with van der Waals surface area (Å²) < 4.78 is 2.21. The highest BCUT2D eigenvalue weighted by molar-refractivity contribution is 7.99. The molecule has 0 saturated carbocycles. The van der Waals surface area contributed by atoms with Crippen molar-refractivity contribution in [3.63, 3.8) is 0 Å². The third kappa shape index (κ3) is 5.09. The van der Waals surface area contributed by atoms with Crippen molar-refractivity contribution < 1.29 is 4.92 Å². The van der Waals surface area contributed by atoms with Gasteiger partial charge in [-0.3, -0.25) is 15.1 Å². The number of aryl methyl sites for hydroxylation is 1. The molecule has 7 nitrogen and oxygen atoms in total. The van der Waals surface area contributed by atoms with Crippen molar-refractivity contribution in [1.82, 2.24) is 14.9 Å². The Morgan fingerprint density at radius 1 is 0.875 bits per heavy atom. The van der Waals surface area contributed by atoms with Gasteiger partial charge in [0.25, 0.3) is 5.69 Å². The van der Waals surface area contributed by atoms with Crippen LogP contribution >= 0.6 is 24.0 Å². The van der Waals surface area contributed by atoms with Gasteiger partial charge in [0.15, 0.2) is 5.11 Å². The third-order valence-corrected chi connectivity index (χ3v) is 8.22. The summed E-state index contributed by atoms with van der Waals surface area (Å²) in [6, 6.07) is 33.1. The zero-order valence-corrected chi connectivity index (χ0v) is 23.2. The normalized spacial score (nSPS) is 16.6. The van der Waals surface area contributed by atoms with Crippen LogP contribution < -0.4 is 10.2 Å². The number of nitro groups is 1. The number of aromatic nitrogens is 2. The van der Waals surface area contributed by atoms with Gasteiger partial charge in [-0.15, -0.1) is 0 Å². The number of pyridine rings is 1. The number of nitrogens with zero attached hydrogens (tertiary/aromatic N) is 4. The Hall–Kier alpha value is -4.47. The number of nitro benzene ring substituents is 1. The van der Waals surface area contributed by atoms with Crippen molar-refractivity contribution >= 4 is 40.5 Å². The largest absolute Gasteiger partial charge is 0.351 e. The first kappa shape index (κ1) is 25.8. The Labute approximate surface area is 241 Å². The highest BCUT2D eigenvalue weighted by atomic mass is 32.2. The van der Waals surface area contributed by atoms with Crippen molar-refractivity contribution in [2.45, 2.75) is 28.8 Å². The van der Waals surface area contributed by atoms with Crippen LogP contribution in [0.25, 0.3) is 5.69 Å². The molecule has 9 heteroatoms. The van der Waals surface area contributed by atoms with Gasteiger partial charge in [0.1, 0.15) is 6.04 Å². The molecular formula is C31H25N5O2S2. The lowest BCUT2D eigenvalue weighted by molar-refractivity contribution is -0.384. The van der Waals surface area contributed by atoms with Crippen LogP contribution in [0.15, 0.2) is 125 Å². The topological polar surface area (TPSA) is 76.2 Å². The summed E-state index contributed by atoms with van der Waals surface area (Å²) in [5.74, 6) is 0. The summed E-state index contributed by atoms with van der Waals surface area (Å²) in [5, 5.41) is 15.1. The zero-order chi connectivity index (χ0) is 27.6. The molecule has 0 unspecified atom stereocenters. The van der Waals surface area contributed by atoms with Gasteiger partial charge in [-0.1, -0.05) is 35.5 Å². The average molecular weight is 564 g/mol. The number of rotatable bonds is 7. The standard InChI is InChI=1S/C31H25N5O2S2/c1-21-7-9-22(10-8-21)34-20-4-6-28(34)30-29(27-5-2-3-19-32-27)33-31(39)35(30)23-11-15-25(16-12-23)40-26-17-13-24(14-18-26)36(37)38/h2-20,29-30H,1H3,(H,33,39)/t29-,30+/m0/s1. The van der Waals surface area contributed by atoms with E-state index in [2.05, 4.69) is 81.4 Å². The van der Waals surface area contributed by atoms with E-state index in [4.69, 9.17) is 12.2 Å². The fraction of sp³-hybridized carbons (Fsp3) is 0.0968. The number of thiocarbonyl (C=S) groups is 1. The summed E-state index contributed by atoms with van der Waals surface area (Å²) >= 11 is 7.47. The van der Waals surface area contributed by atoms with E-state index in [0.29, 0.717) is 5.11 Å². The molecule has 1 saturated heterocycles. The molecular weight excluding hydrogens is 539 g/mol. The van der Waals surface area contributed by atoms with Gasteiger partial charge in [-0.05, 0) is 91.9 Å². The Kier molecular flexibility index (Phi) is 7.06. The predicted molar refractivity (Wildman–Crippen MR) is 162 cm³/mol. The predicted octanol–water partition coefficient (Wildman–Crippen LogP) is 7.42. The molecule has 0 spiro atoms. The molecule has 1 fully saturated rings. The molecule has 198 valence electrons. The second kappa shape index (κ2) is 11.0. The van der Waals surface area contributed by atoms with Gasteiger partial charge >= 0.3 is 0 Å². The quantitative estimate of drug-likeness (QED) is 0.125. The van der Waals surface area contributed by atoms with E-state index in [-0.39, 0.29) is 22.7 Å². The first-order valence-electron chi connectivity index (χ1n) is 12.8. The smallest absolute Gasteiger partial charge is 0.269 e. The van der Waals surface area contributed by atoms with E-state index in [9.17, 15) is 10.1 Å². The average Bonchev–Trinajstić information content (AvgIpc) is 3.59. The van der Waals surface area contributed by atoms with Crippen LogP contribution in [0.2, 0.25) is 0 Å². The number of benzene rings is 3. The lowest BCUT2D eigenvalue weighted by atomic mass is 10.0. The number of hydrogen-bond acceptors (Lipinski definition) is 5. The lowest BCUT2D eigenvalue weighted by Gasteiger charge is -2.29. The molecule has 5 aromatic rings. The molecule has 1 N–H and O–H groups in total. The Morgan fingerprint density at radius 3 is 2.20 bits per heavy atom. The minimum absolute atomic E-state index is 0.0821. The maximum absolute atomic E-state index is 11.0. The number of nitrogens with one attached hydrogen (secondary N) is 1. The van der Waals surface area contributed by atoms with Crippen LogP contribution in [-0.4, -0.2) is 19.6 Å². The molecule has 1 aliphatic rings. The van der Waals surface area contributed by atoms with Gasteiger partial charge < -0.3 is 14.8 Å². The molecule has 0 bridgehead atoms. The monoisotopic (exact) mass is 563 g/mol. The van der Waals surface area contributed by atoms with E-state index in [0.717, 1.165) is 32.6 Å². The van der Waals surface area contributed by atoms with Gasteiger partial charge in [0.05, 0.1) is 16.7 Å². The second-order valence-corrected chi connectivity index (χ2v) is 11.0. The molecule has 0 radical (unpaired) electrons. The maximum Gasteiger partial charge on any atom is 0.269 e. The molecule has 40 heavy (non-hydrogen) atoms. The van der Waals surface area contributed by atoms with E-state index >= 15 is 0 Å². The van der Waals surface area contributed by atoms with E-state index in [1.807, 2.05) is 36.5 Å².